The standard InChI is InChI=1S/C9H9N3OS/c1-6-10-7(2)12(11-6)9(13)8-4-3-5-14-8/h3-5H,1-2H3. The van der Waals surface area contributed by atoms with Crippen molar-refractivity contribution in [2.45, 2.75) is 13.8 Å². The molecule has 2 rings (SSSR count). The Morgan fingerprint density at radius 3 is 2.79 bits per heavy atom. The van der Waals surface area contributed by atoms with Gasteiger partial charge in [0.2, 0.25) is 0 Å². The molecule has 2 heterocycles. The van der Waals surface area contributed by atoms with Gasteiger partial charge in [-0.25, -0.2) is 4.98 Å². The highest BCUT2D eigenvalue weighted by atomic mass is 32.1. The van der Waals surface area contributed by atoms with Crippen LogP contribution in [0, 0.1) is 13.8 Å². The third-order valence-corrected chi connectivity index (χ3v) is 2.66. The van der Waals surface area contributed by atoms with E-state index in [0.29, 0.717) is 16.5 Å². The Morgan fingerprint density at radius 2 is 2.29 bits per heavy atom. The molecular formula is C9H9N3OS. The average molecular weight is 207 g/mol. The van der Waals surface area contributed by atoms with E-state index in [1.165, 1.54) is 16.0 Å². The van der Waals surface area contributed by atoms with Crippen LogP contribution in [-0.4, -0.2) is 20.7 Å². The first kappa shape index (κ1) is 9.08. The van der Waals surface area contributed by atoms with Gasteiger partial charge in [0.25, 0.3) is 5.91 Å². The minimum Gasteiger partial charge on any atom is -0.266 e. The smallest absolute Gasteiger partial charge is 0.266 e. The molecule has 0 spiro atoms. The highest BCUT2D eigenvalue weighted by molar-refractivity contribution is 7.12. The molecular weight excluding hydrogens is 198 g/mol. The second kappa shape index (κ2) is 3.34. The van der Waals surface area contributed by atoms with Crippen molar-refractivity contribution in [1.82, 2.24) is 14.8 Å². The predicted molar refractivity (Wildman–Crippen MR) is 53.5 cm³/mol. The third-order valence-electron chi connectivity index (χ3n) is 1.80. The molecule has 0 aromatic carbocycles. The fraction of sp³-hybridized carbons (Fsp3) is 0.222. The first-order valence-corrected chi connectivity index (χ1v) is 5.05. The number of aryl methyl sites for hydroxylation is 2. The Morgan fingerprint density at radius 1 is 1.50 bits per heavy atom. The number of thiophene rings is 1. The maximum absolute atomic E-state index is 11.8. The molecule has 4 nitrogen and oxygen atoms in total. The van der Waals surface area contributed by atoms with Gasteiger partial charge in [-0.2, -0.15) is 4.68 Å². The van der Waals surface area contributed by atoms with E-state index in [1.54, 1.807) is 19.9 Å². The topological polar surface area (TPSA) is 47.8 Å². The second-order valence-corrected chi connectivity index (χ2v) is 3.85. The minimum atomic E-state index is -0.113. The highest BCUT2D eigenvalue weighted by Gasteiger charge is 2.13. The summed E-state index contributed by atoms with van der Waals surface area (Å²) >= 11 is 1.41. The van der Waals surface area contributed by atoms with Gasteiger partial charge >= 0.3 is 0 Å². The Kier molecular flexibility index (Phi) is 2.17. The van der Waals surface area contributed by atoms with Gasteiger partial charge in [-0.05, 0) is 25.3 Å². The maximum atomic E-state index is 11.8. The Bertz CT molecular complexity index is 458. The van der Waals surface area contributed by atoms with Crippen LogP contribution in [0.25, 0.3) is 0 Å². The normalized spacial score (nSPS) is 10.4. The molecule has 0 saturated carbocycles. The van der Waals surface area contributed by atoms with Gasteiger partial charge in [-0.15, -0.1) is 16.4 Å². The molecule has 5 heteroatoms. The summed E-state index contributed by atoms with van der Waals surface area (Å²) in [6, 6.07) is 3.63. The van der Waals surface area contributed by atoms with E-state index in [9.17, 15) is 4.79 Å². The molecule has 0 fully saturated rings. The van der Waals surface area contributed by atoms with Gasteiger partial charge in [-0.3, -0.25) is 4.79 Å². The van der Waals surface area contributed by atoms with Crippen molar-refractivity contribution in [3.63, 3.8) is 0 Å². The SMILES string of the molecule is Cc1nc(C)n(C(=O)c2cccs2)n1. The average Bonchev–Trinajstić information content (AvgIpc) is 2.73. The van der Waals surface area contributed by atoms with Crippen LogP contribution in [0.4, 0.5) is 0 Å². The van der Waals surface area contributed by atoms with Crippen molar-refractivity contribution < 1.29 is 4.79 Å². The van der Waals surface area contributed by atoms with Gasteiger partial charge in [0.15, 0.2) is 0 Å². The monoisotopic (exact) mass is 207 g/mol. The molecule has 0 aliphatic rings. The van der Waals surface area contributed by atoms with Gasteiger partial charge in [0.05, 0.1) is 4.88 Å². The van der Waals surface area contributed by atoms with Gasteiger partial charge in [0.1, 0.15) is 11.6 Å². The van der Waals surface area contributed by atoms with Gasteiger partial charge < -0.3 is 0 Å². The summed E-state index contributed by atoms with van der Waals surface area (Å²) < 4.78 is 1.33. The highest BCUT2D eigenvalue weighted by Crippen LogP contribution is 2.11. The van der Waals surface area contributed by atoms with E-state index in [0.717, 1.165) is 0 Å². The molecule has 0 unspecified atom stereocenters. The second-order valence-electron chi connectivity index (χ2n) is 2.90. The molecule has 72 valence electrons. The number of carbonyl (C=O) groups is 1. The quantitative estimate of drug-likeness (QED) is 0.714. The summed E-state index contributed by atoms with van der Waals surface area (Å²) in [7, 11) is 0. The summed E-state index contributed by atoms with van der Waals surface area (Å²) in [4.78, 5) is 16.6. The number of hydrogen-bond acceptors (Lipinski definition) is 4. The van der Waals surface area contributed by atoms with Gasteiger partial charge in [0, 0.05) is 0 Å². The van der Waals surface area contributed by atoms with Crippen LogP contribution < -0.4 is 0 Å². The summed E-state index contributed by atoms with van der Waals surface area (Å²) in [5, 5.41) is 5.90. The van der Waals surface area contributed by atoms with E-state index in [2.05, 4.69) is 10.1 Å². The molecule has 0 bridgehead atoms. The molecule has 0 amide bonds. The Balaban J connectivity index is 2.41. The molecule has 0 aliphatic carbocycles. The van der Waals surface area contributed by atoms with E-state index in [1.807, 2.05) is 11.4 Å². The van der Waals surface area contributed by atoms with Crippen molar-refractivity contribution in [1.29, 1.82) is 0 Å². The van der Waals surface area contributed by atoms with Crippen molar-refractivity contribution >= 4 is 17.2 Å². The summed E-state index contributed by atoms with van der Waals surface area (Å²) in [6.45, 7) is 3.54. The van der Waals surface area contributed by atoms with E-state index < -0.39 is 0 Å². The van der Waals surface area contributed by atoms with Crippen LogP contribution >= 0.6 is 11.3 Å². The number of carbonyl (C=O) groups excluding carboxylic acids is 1. The Hall–Kier alpha value is -1.49. The molecule has 0 saturated heterocycles. The van der Waals surface area contributed by atoms with E-state index in [-0.39, 0.29) is 5.91 Å². The maximum Gasteiger partial charge on any atom is 0.289 e. The number of aromatic nitrogens is 3. The van der Waals surface area contributed by atoms with Crippen LogP contribution in [0.15, 0.2) is 17.5 Å². The van der Waals surface area contributed by atoms with Crippen molar-refractivity contribution in [2.24, 2.45) is 0 Å². The van der Waals surface area contributed by atoms with Crippen LogP contribution in [0.3, 0.4) is 0 Å². The third kappa shape index (κ3) is 1.46. The zero-order valence-corrected chi connectivity index (χ0v) is 8.71. The van der Waals surface area contributed by atoms with Crippen molar-refractivity contribution in [3.8, 4) is 0 Å². The molecule has 0 atom stereocenters. The predicted octanol–water partition coefficient (Wildman–Crippen LogP) is 1.64. The van der Waals surface area contributed by atoms with Crippen LogP contribution in [-0.2, 0) is 0 Å². The minimum absolute atomic E-state index is 0.113. The summed E-state index contributed by atoms with van der Waals surface area (Å²) in [5.41, 5.74) is 0. The molecule has 2 aromatic rings. The Labute approximate surface area is 85.2 Å². The number of nitrogens with zero attached hydrogens (tertiary/aromatic N) is 3. The first-order valence-electron chi connectivity index (χ1n) is 4.17. The molecule has 0 N–H and O–H groups in total. The van der Waals surface area contributed by atoms with Crippen LogP contribution in [0.5, 0.6) is 0 Å². The first-order chi connectivity index (χ1) is 6.68. The lowest BCUT2D eigenvalue weighted by atomic mass is 10.4. The molecule has 2 aromatic heterocycles. The van der Waals surface area contributed by atoms with Crippen LogP contribution in [0.2, 0.25) is 0 Å². The lowest BCUT2D eigenvalue weighted by molar-refractivity contribution is 0.0946. The summed E-state index contributed by atoms with van der Waals surface area (Å²) in [6.07, 6.45) is 0. The fourth-order valence-electron chi connectivity index (χ4n) is 1.22. The zero-order chi connectivity index (χ0) is 10.1. The van der Waals surface area contributed by atoms with Crippen molar-refractivity contribution in [3.05, 3.63) is 34.0 Å². The number of rotatable bonds is 1. The lowest BCUT2D eigenvalue weighted by Crippen LogP contribution is -2.13. The lowest BCUT2D eigenvalue weighted by Gasteiger charge is -1.97. The largest absolute Gasteiger partial charge is 0.289 e. The zero-order valence-electron chi connectivity index (χ0n) is 7.89. The van der Waals surface area contributed by atoms with E-state index in [4.69, 9.17) is 0 Å². The molecule has 0 radical (unpaired) electrons. The van der Waals surface area contributed by atoms with Crippen LogP contribution in [0.1, 0.15) is 21.3 Å². The molecule has 14 heavy (non-hydrogen) atoms. The summed E-state index contributed by atoms with van der Waals surface area (Å²) in [5.74, 6) is 1.13. The number of hydrogen-bond donors (Lipinski definition) is 0. The van der Waals surface area contributed by atoms with Gasteiger partial charge in [-0.1, -0.05) is 6.07 Å². The van der Waals surface area contributed by atoms with E-state index >= 15 is 0 Å². The van der Waals surface area contributed by atoms with Crippen molar-refractivity contribution in [2.75, 3.05) is 0 Å². The fourth-order valence-corrected chi connectivity index (χ4v) is 1.87. The molecule has 0 aliphatic heterocycles.